The van der Waals surface area contributed by atoms with Crippen molar-refractivity contribution in [2.24, 2.45) is 5.92 Å². The first-order chi connectivity index (χ1) is 12.1. The van der Waals surface area contributed by atoms with E-state index in [2.05, 4.69) is 42.0 Å². The zero-order valence-corrected chi connectivity index (χ0v) is 15.1. The van der Waals surface area contributed by atoms with Gasteiger partial charge in [0.25, 0.3) is 0 Å². The fourth-order valence-corrected chi connectivity index (χ4v) is 4.74. The number of carbonyl (C=O) groups excluding carboxylic acids is 1. The second kappa shape index (κ2) is 6.49. The van der Waals surface area contributed by atoms with Crippen LogP contribution in [0.3, 0.4) is 0 Å². The molecule has 4 rings (SSSR count). The third kappa shape index (κ3) is 3.08. The van der Waals surface area contributed by atoms with E-state index < -0.39 is 5.60 Å². The van der Waals surface area contributed by atoms with Gasteiger partial charge in [-0.15, -0.1) is 0 Å². The molecule has 0 unspecified atom stereocenters. The maximum Gasteiger partial charge on any atom is 0.224 e. The van der Waals surface area contributed by atoms with Crippen LogP contribution in [0.5, 0.6) is 0 Å². The van der Waals surface area contributed by atoms with E-state index in [4.69, 9.17) is 0 Å². The summed E-state index contributed by atoms with van der Waals surface area (Å²) in [6.07, 6.45) is 7.64. The van der Waals surface area contributed by atoms with Crippen molar-refractivity contribution in [2.75, 3.05) is 13.1 Å². The Morgan fingerprint density at radius 1 is 1.28 bits per heavy atom. The number of aliphatic hydroxyl groups is 1. The van der Waals surface area contributed by atoms with E-state index >= 15 is 0 Å². The van der Waals surface area contributed by atoms with Crippen molar-refractivity contribution in [3.05, 3.63) is 36.0 Å². The molecule has 1 aliphatic heterocycles. The lowest BCUT2D eigenvalue weighted by molar-refractivity contribution is -0.143. The lowest BCUT2D eigenvalue weighted by Crippen LogP contribution is -2.54. The van der Waals surface area contributed by atoms with Gasteiger partial charge in [0, 0.05) is 49.1 Å². The van der Waals surface area contributed by atoms with Gasteiger partial charge in [-0.05, 0) is 43.9 Å². The molecule has 2 fully saturated rings. The van der Waals surface area contributed by atoms with Crippen molar-refractivity contribution < 1.29 is 9.90 Å². The molecule has 2 aliphatic rings. The number of carbonyl (C=O) groups is 1. The predicted molar refractivity (Wildman–Crippen MR) is 99.4 cm³/mol. The molecule has 1 aliphatic carbocycles. The maximum absolute atomic E-state index is 12.7. The second-order valence-electron chi connectivity index (χ2n) is 7.90. The zero-order chi connectivity index (χ0) is 17.4. The van der Waals surface area contributed by atoms with Crippen LogP contribution >= 0.6 is 0 Å². The average molecular weight is 340 g/mol. The molecule has 2 atom stereocenters. The Morgan fingerprint density at radius 2 is 2.16 bits per heavy atom. The normalized spacial score (nSPS) is 26.6. The highest BCUT2D eigenvalue weighted by Crippen LogP contribution is 2.39. The molecule has 4 heteroatoms. The van der Waals surface area contributed by atoms with Gasteiger partial charge in [0.05, 0.1) is 5.60 Å². The zero-order valence-electron chi connectivity index (χ0n) is 15.1. The molecule has 25 heavy (non-hydrogen) atoms. The molecule has 0 bridgehead atoms. The highest BCUT2D eigenvalue weighted by molar-refractivity contribution is 5.83. The fraction of sp³-hybridized carbons (Fsp3) is 0.571. The van der Waals surface area contributed by atoms with Gasteiger partial charge in [-0.3, -0.25) is 4.79 Å². The van der Waals surface area contributed by atoms with Crippen molar-refractivity contribution in [1.29, 1.82) is 0 Å². The second-order valence-corrected chi connectivity index (χ2v) is 7.90. The van der Waals surface area contributed by atoms with Gasteiger partial charge in [-0.2, -0.15) is 0 Å². The van der Waals surface area contributed by atoms with Gasteiger partial charge in [-0.25, -0.2) is 0 Å². The Labute approximate surface area is 149 Å². The van der Waals surface area contributed by atoms with E-state index in [1.54, 1.807) is 0 Å². The number of likely N-dealkylation sites (tertiary alicyclic amines) is 1. The van der Waals surface area contributed by atoms with Crippen molar-refractivity contribution in [3.63, 3.8) is 0 Å². The van der Waals surface area contributed by atoms with Crippen molar-refractivity contribution >= 4 is 16.8 Å². The fourth-order valence-electron chi connectivity index (χ4n) is 4.74. The number of hydrogen-bond donors (Lipinski definition) is 1. The number of nitrogens with zero attached hydrogens (tertiary/aromatic N) is 2. The Bertz CT molecular complexity index is 781. The Hall–Kier alpha value is -1.81. The van der Waals surface area contributed by atoms with Gasteiger partial charge in [-0.1, -0.05) is 25.0 Å². The summed E-state index contributed by atoms with van der Waals surface area (Å²) in [6.45, 7) is 4.28. The lowest BCUT2D eigenvalue weighted by Gasteiger charge is -2.47. The van der Waals surface area contributed by atoms with Gasteiger partial charge in [0.2, 0.25) is 5.91 Å². The quantitative estimate of drug-likeness (QED) is 0.929. The molecule has 1 aromatic heterocycles. The first kappa shape index (κ1) is 16.6. The molecule has 0 spiro atoms. The molecule has 0 radical (unpaired) electrons. The molecule has 1 saturated carbocycles. The van der Waals surface area contributed by atoms with E-state index in [0.29, 0.717) is 13.0 Å². The first-order valence-electron chi connectivity index (χ1n) is 9.61. The minimum atomic E-state index is -0.511. The summed E-state index contributed by atoms with van der Waals surface area (Å²) in [4.78, 5) is 14.7. The predicted octanol–water partition coefficient (Wildman–Crippen LogP) is 3.49. The van der Waals surface area contributed by atoms with Crippen molar-refractivity contribution in [3.8, 4) is 0 Å². The summed E-state index contributed by atoms with van der Waals surface area (Å²) >= 11 is 0. The van der Waals surface area contributed by atoms with Gasteiger partial charge >= 0.3 is 0 Å². The van der Waals surface area contributed by atoms with E-state index in [-0.39, 0.29) is 11.8 Å². The molecule has 134 valence electrons. The van der Waals surface area contributed by atoms with Gasteiger partial charge < -0.3 is 14.6 Å². The molecule has 2 heterocycles. The van der Waals surface area contributed by atoms with E-state index in [0.717, 1.165) is 38.8 Å². The third-order valence-corrected chi connectivity index (χ3v) is 6.38. The maximum atomic E-state index is 12.7. The smallest absolute Gasteiger partial charge is 0.224 e. The van der Waals surface area contributed by atoms with E-state index in [9.17, 15) is 9.90 Å². The molecule has 1 N–H and O–H groups in total. The molecule has 4 nitrogen and oxygen atoms in total. The number of fused-ring (bicyclic) bond motifs is 2. The van der Waals surface area contributed by atoms with E-state index in [1.165, 1.54) is 22.9 Å². The average Bonchev–Trinajstić information content (AvgIpc) is 3.03. The summed E-state index contributed by atoms with van der Waals surface area (Å²) in [7, 11) is 0. The van der Waals surface area contributed by atoms with Crippen LogP contribution in [-0.2, 0) is 11.3 Å². The molecule has 1 amide bonds. The van der Waals surface area contributed by atoms with Crippen LogP contribution in [0.25, 0.3) is 10.9 Å². The monoisotopic (exact) mass is 340 g/mol. The first-order valence-corrected chi connectivity index (χ1v) is 9.61. The van der Waals surface area contributed by atoms with Crippen LogP contribution in [0, 0.1) is 12.8 Å². The third-order valence-electron chi connectivity index (χ3n) is 6.38. The lowest BCUT2D eigenvalue weighted by atomic mass is 9.71. The van der Waals surface area contributed by atoms with Gasteiger partial charge in [0.15, 0.2) is 0 Å². The number of rotatable bonds is 3. The number of amides is 1. The largest absolute Gasteiger partial charge is 0.389 e. The summed E-state index contributed by atoms with van der Waals surface area (Å²) < 4.78 is 2.18. The highest BCUT2D eigenvalue weighted by atomic mass is 16.3. The van der Waals surface area contributed by atoms with Crippen LogP contribution in [0.15, 0.2) is 30.5 Å². The van der Waals surface area contributed by atoms with Crippen LogP contribution in [0.4, 0.5) is 0 Å². The van der Waals surface area contributed by atoms with Gasteiger partial charge in [0.1, 0.15) is 0 Å². The summed E-state index contributed by atoms with van der Waals surface area (Å²) in [6, 6.07) is 8.45. The van der Waals surface area contributed by atoms with Crippen LogP contribution in [-0.4, -0.2) is 39.2 Å². The number of benzene rings is 1. The molecule has 1 saturated heterocycles. The summed E-state index contributed by atoms with van der Waals surface area (Å²) in [5.41, 5.74) is 1.96. The number of aryl methyl sites for hydroxylation is 2. The molecular formula is C21H28N2O2. The number of piperidine rings is 1. The standard InChI is InChI=1S/C21H28N2O2/c1-16-5-4-7-19-18(16)8-12-22(19)13-9-20(24)23-14-11-21(25)10-3-2-6-17(21)15-23/h4-5,7-8,12,17,25H,2-3,6,9-11,13-15H2,1H3/t17-,21-/m0/s1. The van der Waals surface area contributed by atoms with Crippen LogP contribution in [0.1, 0.15) is 44.1 Å². The topological polar surface area (TPSA) is 45.5 Å². The Balaban J connectivity index is 1.40. The molecule has 1 aromatic carbocycles. The molecular weight excluding hydrogens is 312 g/mol. The van der Waals surface area contributed by atoms with Crippen LogP contribution in [0.2, 0.25) is 0 Å². The van der Waals surface area contributed by atoms with Crippen molar-refractivity contribution in [2.45, 2.75) is 57.6 Å². The summed E-state index contributed by atoms with van der Waals surface area (Å²) in [5, 5.41) is 12.0. The summed E-state index contributed by atoms with van der Waals surface area (Å²) in [5.74, 6) is 0.496. The number of aromatic nitrogens is 1. The Kier molecular flexibility index (Phi) is 4.32. The SMILES string of the molecule is Cc1cccc2c1ccn2CCC(=O)N1CC[C@@]2(O)CCCC[C@H]2C1. The minimum Gasteiger partial charge on any atom is -0.389 e. The van der Waals surface area contributed by atoms with Crippen LogP contribution < -0.4 is 0 Å². The van der Waals surface area contributed by atoms with Crippen molar-refractivity contribution in [1.82, 2.24) is 9.47 Å². The minimum absolute atomic E-state index is 0.224. The van der Waals surface area contributed by atoms with E-state index in [1.807, 2.05) is 4.90 Å². The highest BCUT2D eigenvalue weighted by Gasteiger charge is 2.43. The molecule has 2 aromatic rings. The number of hydrogen-bond acceptors (Lipinski definition) is 2. The Morgan fingerprint density at radius 3 is 3.04 bits per heavy atom.